The third-order valence-corrected chi connectivity index (χ3v) is 5.54. The SMILES string of the molecule is O=C(O)[C@H]1O[C@@H](Oc2ccc3ccc4cccc5ccc2c3c45)[C@H](O)[C@@H](O)[C@@H]1O. The fraction of sp³-hybridized carbons (Fsp3) is 0.227. The third-order valence-electron chi connectivity index (χ3n) is 5.54. The van der Waals surface area contributed by atoms with Gasteiger partial charge in [-0.15, -0.1) is 0 Å². The summed E-state index contributed by atoms with van der Waals surface area (Å²) in [5, 5.41) is 45.4. The number of ether oxygens (including phenoxy) is 2. The fourth-order valence-corrected chi connectivity index (χ4v) is 4.09. The molecule has 0 amide bonds. The molecular formula is C22H18O7. The summed E-state index contributed by atoms with van der Waals surface area (Å²) >= 11 is 0. The Kier molecular flexibility index (Phi) is 4.07. The monoisotopic (exact) mass is 394 g/mol. The molecule has 29 heavy (non-hydrogen) atoms. The highest BCUT2D eigenvalue weighted by molar-refractivity contribution is 6.24. The van der Waals surface area contributed by atoms with Crippen LogP contribution in [0.4, 0.5) is 0 Å². The molecule has 5 rings (SSSR count). The van der Waals surface area contributed by atoms with Crippen molar-refractivity contribution in [3.8, 4) is 5.75 Å². The average Bonchev–Trinajstić information content (AvgIpc) is 2.73. The van der Waals surface area contributed by atoms with Gasteiger partial charge < -0.3 is 29.9 Å². The lowest BCUT2D eigenvalue weighted by Crippen LogP contribution is -2.61. The second-order valence-corrected chi connectivity index (χ2v) is 7.27. The number of aliphatic hydroxyl groups excluding tert-OH is 3. The summed E-state index contributed by atoms with van der Waals surface area (Å²) in [6, 6.07) is 17.6. The Morgan fingerprint density at radius 3 is 2.10 bits per heavy atom. The molecule has 0 bridgehead atoms. The van der Waals surface area contributed by atoms with E-state index in [1.54, 1.807) is 6.07 Å². The van der Waals surface area contributed by atoms with Crippen molar-refractivity contribution in [2.75, 3.05) is 0 Å². The summed E-state index contributed by atoms with van der Waals surface area (Å²) in [5.74, 6) is -1.07. The van der Waals surface area contributed by atoms with Crippen LogP contribution < -0.4 is 4.74 Å². The minimum absolute atomic E-state index is 0.382. The molecule has 1 fully saturated rings. The van der Waals surface area contributed by atoms with Gasteiger partial charge in [0.25, 0.3) is 0 Å². The van der Waals surface area contributed by atoms with Gasteiger partial charge in [-0.05, 0) is 33.7 Å². The number of aliphatic carboxylic acids is 1. The van der Waals surface area contributed by atoms with Crippen molar-refractivity contribution in [2.24, 2.45) is 0 Å². The first kappa shape index (κ1) is 18.1. The molecule has 1 aliphatic heterocycles. The van der Waals surface area contributed by atoms with Gasteiger partial charge in [-0.3, -0.25) is 0 Å². The van der Waals surface area contributed by atoms with E-state index in [4.69, 9.17) is 9.47 Å². The summed E-state index contributed by atoms with van der Waals surface area (Å²) in [4.78, 5) is 11.3. The number of hydrogen-bond acceptors (Lipinski definition) is 6. The first-order chi connectivity index (χ1) is 14.0. The van der Waals surface area contributed by atoms with Gasteiger partial charge in [0.2, 0.25) is 6.29 Å². The van der Waals surface area contributed by atoms with Crippen molar-refractivity contribution in [3.05, 3.63) is 54.6 Å². The van der Waals surface area contributed by atoms with Crippen LogP contribution in [0.5, 0.6) is 5.75 Å². The zero-order valence-electron chi connectivity index (χ0n) is 15.1. The molecule has 0 radical (unpaired) electrons. The lowest BCUT2D eigenvalue weighted by molar-refractivity contribution is -0.270. The predicted octanol–water partition coefficient (Wildman–Crippen LogP) is 1.85. The number of carboxylic acids is 1. The Hall–Kier alpha value is -2.97. The maximum absolute atomic E-state index is 11.3. The van der Waals surface area contributed by atoms with E-state index >= 15 is 0 Å². The van der Waals surface area contributed by atoms with Crippen LogP contribution in [0.15, 0.2) is 54.6 Å². The van der Waals surface area contributed by atoms with Crippen LogP contribution >= 0.6 is 0 Å². The Morgan fingerprint density at radius 1 is 0.793 bits per heavy atom. The van der Waals surface area contributed by atoms with Crippen LogP contribution in [0, 0.1) is 0 Å². The number of carboxylic acid groups (broad SMARTS) is 1. The molecule has 7 nitrogen and oxygen atoms in total. The van der Waals surface area contributed by atoms with Crippen LogP contribution in [0.25, 0.3) is 32.3 Å². The maximum atomic E-state index is 11.3. The molecule has 5 atom stereocenters. The molecule has 4 N–H and O–H groups in total. The lowest BCUT2D eigenvalue weighted by Gasteiger charge is -2.38. The van der Waals surface area contributed by atoms with Crippen LogP contribution in [-0.2, 0) is 9.53 Å². The number of rotatable bonds is 3. The van der Waals surface area contributed by atoms with E-state index in [1.807, 2.05) is 48.5 Å². The van der Waals surface area contributed by atoms with Gasteiger partial charge in [0.1, 0.15) is 24.1 Å². The maximum Gasteiger partial charge on any atom is 0.335 e. The Labute approximate surface area is 164 Å². The average molecular weight is 394 g/mol. The smallest absolute Gasteiger partial charge is 0.335 e. The predicted molar refractivity (Wildman–Crippen MR) is 105 cm³/mol. The van der Waals surface area contributed by atoms with Crippen molar-refractivity contribution in [1.82, 2.24) is 0 Å². The molecule has 7 heteroatoms. The largest absolute Gasteiger partial charge is 0.479 e. The van der Waals surface area contributed by atoms with E-state index in [9.17, 15) is 25.2 Å². The molecule has 4 aromatic rings. The second-order valence-electron chi connectivity index (χ2n) is 7.27. The second kappa shape index (κ2) is 6.53. The van der Waals surface area contributed by atoms with Crippen molar-refractivity contribution < 1.29 is 34.7 Å². The number of carbonyl (C=O) groups is 1. The molecule has 0 saturated carbocycles. The molecule has 1 heterocycles. The lowest BCUT2D eigenvalue weighted by atomic mass is 9.94. The summed E-state index contributed by atoms with van der Waals surface area (Å²) in [7, 11) is 0. The van der Waals surface area contributed by atoms with Crippen LogP contribution in [0.1, 0.15) is 0 Å². The van der Waals surface area contributed by atoms with Crippen LogP contribution in [0.2, 0.25) is 0 Å². The molecule has 4 aromatic carbocycles. The summed E-state index contributed by atoms with van der Waals surface area (Å²) in [5.41, 5.74) is 0. The van der Waals surface area contributed by atoms with Crippen molar-refractivity contribution in [2.45, 2.75) is 30.7 Å². The molecule has 0 spiro atoms. The Morgan fingerprint density at radius 2 is 1.41 bits per heavy atom. The Balaban J connectivity index is 1.61. The van der Waals surface area contributed by atoms with Gasteiger partial charge >= 0.3 is 5.97 Å². The van der Waals surface area contributed by atoms with Gasteiger partial charge in [0.05, 0.1) is 0 Å². The number of hydrogen-bond donors (Lipinski definition) is 4. The van der Waals surface area contributed by atoms with Gasteiger partial charge in [0.15, 0.2) is 6.10 Å². The van der Waals surface area contributed by atoms with Gasteiger partial charge in [0, 0.05) is 10.8 Å². The van der Waals surface area contributed by atoms with Gasteiger partial charge in [-0.2, -0.15) is 0 Å². The van der Waals surface area contributed by atoms with Gasteiger partial charge in [-0.1, -0.05) is 42.5 Å². The number of aliphatic hydroxyl groups is 3. The molecule has 0 unspecified atom stereocenters. The quantitative estimate of drug-likeness (QED) is 0.392. The molecule has 0 aliphatic carbocycles. The third kappa shape index (κ3) is 2.71. The highest BCUT2D eigenvalue weighted by Crippen LogP contribution is 2.39. The van der Waals surface area contributed by atoms with E-state index in [0.717, 1.165) is 32.3 Å². The van der Waals surface area contributed by atoms with Gasteiger partial charge in [-0.25, -0.2) is 4.79 Å². The Bertz CT molecular complexity index is 1200. The normalized spacial score (nSPS) is 27.6. The zero-order chi connectivity index (χ0) is 20.3. The highest BCUT2D eigenvalue weighted by atomic mass is 16.7. The van der Waals surface area contributed by atoms with Crippen LogP contribution in [0.3, 0.4) is 0 Å². The van der Waals surface area contributed by atoms with E-state index in [-0.39, 0.29) is 0 Å². The summed E-state index contributed by atoms with van der Waals surface area (Å²) < 4.78 is 11.1. The first-order valence-corrected chi connectivity index (χ1v) is 9.21. The molecule has 0 aromatic heterocycles. The minimum atomic E-state index is -1.76. The molecule has 148 valence electrons. The van der Waals surface area contributed by atoms with Crippen molar-refractivity contribution in [3.63, 3.8) is 0 Å². The van der Waals surface area contributed by atoms with E-state index in [1.165, 1.54) is 0 Å². The summed E-state index contributed by atoms with van der Waals surface area (Å²) in [6.07, 6.45) is -8.25. The molecular weight excluding hydrogens is 376 g/mol. The summed E-state index contributed by atoms with van der Waals surface area (Å²) in [6.45, 7) is 0. The number of benzene rings is 4. The topological polar surface area (TPSA) is 116 Å². The van der Waals surface area contributed by atoms with Crippen molar-refractivity contribution in [1.29, 1.82) is 0 Å². The standard InChI is InChI=1S/C22H18O7/c23-17-18(24)20(21(26)27)29-22(19(17)25)28-14-9-7-12-5-4-10-2-1-3-11-6-8-13(14)16(12)15(10)11/h1-9,17-20,22-25H,(H,26,27)/t17-,18-,19+,20-,22+/m0/s1. The highest BCUT2D eigenvalue weighted by Gasteiger charge is 2.48. The fourth-order valence-electron chi connectivity index (χ4n) is 4.09. The molecule has 1 saturated heterocycles. The van der Waals surface area contributed by atoms with Crippen molar-refractivity contribution >= 4 is 38.3 Å². The minimum Gasteiger partial charge on any atom is -0.479 e. The van der Waals surface area contributed by atoms with E-state index < -0.39 is 36.7 Å². The van der Waals surface area contributed by atoms with E-state index in [2.05, 4.69) is 0 Å². The van der Waals surface area contributed by atoms with Crippen LogP contribution in [-0.4, -0.2) is 57.1 Å². The zero-order valence-corrected chi connectivity index (χ0v) is 15.1. The van der Waals surface area contributed by atoms with E-state index in [0.29, 0.717) is 5.75 Å². The first-order valence-electron chi connectivity index (χ1n) is 9.21. The molecule has 1 aliphatic rings.